The van der Waals surface area contributed by atoms with Crippen LogP contribution >= 0.6 is 22.6 Å². The number of nitrogens with one attached hydrogen (secondary N) is 1. The largest absolute Gasteiger partial charge is 0.452 e. The molecule has 108 valence electrons. The standard InChI is InChI=1S/C16H14INO3/c1-11-3-2-4-12(9-11)16(20)21-10-15(19)18-14-7-5-13(17)6-8-14/h2-9H,10H2,1H3,(H,18,19). The van der Waals surface area contributed by atoms with E-state index in [0.29, 0.717) is 11.3 Å². The lowest BCUT2D eigenvalue weighted by molar-refractivity contribution is -0.119. The Morgan fingerprint density at radius 3 is 2.52 bits per heavy atom. The van der Waals surface area contributed by atoms with Crippen molar-refractivity contribution >= 4 is 40.2 Å². The zero-order chi connectivity index (χ0) is 15.2. The van der Waals surface area contributed by atoms with Gasteiger partial charge in [0.15, 0.2) is 6.61 Å². The molecule has 0 aromatic heterocycles. The molecule has 0 heterocycles. The van der Waals surface area contributed by atoms with E-state index in [0.717, 1.165) is 9.13 Å². The first-order valence-electron chi connectivity index (χ1n) is 6.34. The first kappa shape index (κ1) is 15.5. The van der Waals surface area contributed by atoms with Gasteiger partial charge in [0.05, 0.1) is 5.56 Å². The minimum atomic E-state index is -0.503. The Labute approximate surface area is 136 Å². The van der Waals surface area contributed by atoms with Crippen molar-refractivity contribution in [1.29, 1.82) is 0 Å². The Morgan fingerprint density at radius 1 is 1.14 bits per heavy atom. The third-order valence-corrected chi connectivity index (χ3v) is 3.44. The second kappa shape index (κ2) is 7.21. The molecule has 1 amide bonds. The molecule has 1 N–H and O–H groups in total. The number of esters is 1. The maximum absolute atomic E-state index is 11.8. The van der Waals surface area contributed by atoms with Crippen LogP contribution in [0.3, 0.4) is 0 Å². The molecule has 2 rings (SSSR count). The summed E-state index contributed by atoms with van der Waals surface area (Å²) in [5.41, 5.74) is 2.08. The monoisotopic (exact) mass is 395 g/mol. The van der Waals surface area contributed by atoms with Gasteiger partial charge in [-0.15, -0.1) is 0 Å². The van der Waals surface area contributed by atoms with Crippen molar-refractivity contribution in [2.45, 2.75) is 6.92 Å². The van der Waals surface area contributed by atoms with Crippen LogP contribution in [0, 0.1) is 10.5 Å². The fraction of sp³-hybridized carbons (Fsp3) is 0.125. The highest BCUT2D eigenvalue weighted by molar-refractivity contribution is 14.1. The Kier molecular flexibility index (Phi) is 5.32. The number of hydrogen-bond donors (Lipinski definition) is 1. The highest BCUT2D eigenvalue weighted by Crippen LogP contribution is 2.11. The van der Waals surface area contributed by atoms with Crippen LogP contribution in [0.2, 0.25) is 0 Å². The van der Waals surface area contributed by atoms with Gasteiger partial charge in [0.2, 0.25) is 0 Å². The van der Waals surface area contributed by atoms with E-state index in [1.54, 1.807) is 30.3 Å². The van der Waals surface area contributed by atoms with E-state index in [-0.39, 0.29) is 12.5 Å². The summed E-state index contributed by atoms with van der Waals surface area (Å²) in [7, 11) is 0. The van der Waals surface area contributed by atoms with Crippen LogP contribution in [0.25, 0.3) is 0 Å². The van der Waals surface area contributed by atoms with Gasteiger partial charge < -0.3 is 10.1 Å². The summed E-state index contributed by atoms with van der Waals surface area (Å²) < 4.78 is 6.07. The number of rotatable bonds is 4. The normalized spacial score (nSPS) is 10.0. The number of anilines is 1. The molecule has 2 aromatic carbocycles. The molecule has 0 aliphatic heterocycles. The van der Waals surface area contributed by atoms with E-state index in [4.69, 9.17) is 4.74 Å². The lowest BCUT2D eigenvalue weighted by Crippen LogP contribution is -2.20. The van der Waals surface area contributed by atoms with Crippen molar-refractivity contribution in [1.82, 2.24) is 0 Å². The smallest absolute Gasteiger partial charge is 0.338 e. The number of carbonyl (C=O) groups is 2. The molecule has 0 unspecified atom stereocenters. The third-order valence-electron chi connectivity index (χ3n) is 2.72. The predicted molar refractivity (Wildman–Crippen MR) is 89.3 cm³/mol. The summed E-state index contributed by atoms with van der Waals surface area (Å²) >= 11 is 2.18. The molecule has 2 aromatic rings. The molecule has 0 aliphatic carbocycles. The van der Waals surface area contributed by atoms with Gasteiger partial charge in [0, 0.05) is 9.26 Å². The Morgan fingerprint density at radius 2 is 1.86 bits per heavy atom. The van der Waals surface area contributed by atoms with Crippen molar-refractivity contribution in [2.24, 2.45) is 0 Å². The predicted octanol–water partition coefficient (Wildman–Crippen LogP) is 3.40. The first-order valence-corrected chi connectivity index (χ1v) is 7.42. The highest BCUT2D eigenvalue weighted by atomic mass is 127. The number of ether oxygens (including phenoxy) is 1. The summed E-state index contributed by atoms with van der Waals surface area (Å²) in [5.74, 6) is -0.867. The first-order chi connectivity index (χ1) is 10.0. The second-order valence-electron chi connectivity index (χ2n) is 4.50. The van der Waals surface area contributed by atoms with Crippen LogP contribution in [-0.4, -0.2) is 18.5 Å². The van der Waals surface area contributed by atoms with Crippen molar-refractivity contribution in [3.63, 3.8) is 0 Å². The number of hydrogen-bond acceptors (Lipinski definition) is 3. The van der Waals surface area contributed by atoms with E-state index in [2.05, 4.69) is 27.9 Å². The third kappa shape index (κ3) is 4.86. The van der Waals surface area contributed by atoms with Crippen LogP contribution < -0.4 is 5.32 Å². The van der Waals surface area contributed by atoms with Gasteiger partial charge in [0.1, 0.15) is 0 Å². The highest BCUT2D eigenvalue weighted by Gasteiger charge is 2.10. The van der Waals surface area contributed by atoms with Gasteiger partial charge in [-0.2, -0.15) is 0 Å². The number of halogens is 1. The quantitative estimate of drug-likeness (QED) is 0.638. The second-order valence-corrected chi connectivity index (χ2v) is 5.75. The Hall–Kier alpha value is -1.89. The van der Waals surface area contributed by atoms with E-state index in [1.165, 1.54) is 0 Å². The number of carbonyl (C=O) groups excluding carboxylic acids is 2. The number of benzene rings is 2. The molecule has 21 heavy (non-hydrogen) atoms. The van der Waals surface area contributed by atoms with Crippen LogP contribution in [0.1, 0.15) is 15.9 Å². The van der Waals surface area contributed by atoms with Crippen molar-refractivity contribution in [2.75, 3.05) is 11.9 Å². The fourth-order valence-electron chi connectivity index (χ4n) is 1.72. The van der Waals surface area contributed by atoms with Crippen molar-refractivity contribution in [3.05, 3.63) is 63.2 Å². The average molecular weight is 395 g/mol. The molecule has 0 radical (unpaired) electrons. The number of amides is 1. The van der Waals surface area contributed by atoms with Crippen LogP contribution in [-0.2, 0) is 9.53 Å². The molecule has 0 fully saturated rings. The average Bonchev–Trinajstić information content (AvgIpc) is 2.47. The minimum absolute atomic E-state index is 0.307. The molecule has 0 atom stereocenters. The molecular formula is C16H14INO3. The van der Waals surface area contributed by atoms with E-state index < -0.39 is 5.97 Å². The van der Waals surface area contributed by atoms with Crippen LogP contribution in [0.5, 0.6) is 0 Å². The molecule has 4 nitrogen and oxygen atoms in total. The van der Waals surface area contributed by atoms with Crippen LogP contribution in [0.4, 0.5) is 5.69 Å². The van der Waals surface area contributed by atoms with Crippen LogP contribution in [0.15, 0.2) is 48.5 Å². The van der Waals surface area contributed by atoms with Crippen molar-refractivity contribution in [3.8, 4) is 0 Å². The van der Waals surface area contributed by atoms with Gasteiger partial charge in [0.25, 0.3) is 5.91 Å². The lowest BCUT2D eigenvalue weighted by atomic mass is 10.1. The molecular weight excluding hydrogens is 381 g/mol. The molecule has 0 aliphatic rings. The molecule has 0 saturated heterocycles. The number of aryl methyl sites for hydroxylation is 1. The zero-order valence-corrected chi connectivity index (χ0v) is 13.6. The molecule has 0 saturated carbocycles. The maximum Gasteiger partial charge on any atom is 0.338 e. The topological polar surface area (TPSA) is 55.4 Å². The summed E-state index contributed by atoms with van der Waals surface area (Å²) in [4.78, 5) is 23.5. The minimum Gasteiger partial charge on any atom is -0.452 e. The van der Waals surface area contributed by atoms with E-state index in [9.17, 15) is 9.59 Å². The lowest BCUT2D eigenvalue weighted by Gasteiger charge is -2.07. The Bertz CT molecular complexity index is 653. The molecule has 0 bridgehead atoms. The van der Waals surface area contributed by atoms with Gasteiger partial charge in [-0.05, 0) is 65.9 Å². The summed E-state index contributed by atoms with van der Waals surface area (Å²) in [6.07, 6.45) is 0. The van der Waals surface area contributed by atoms with Gasteiger partial charge in [-0.3, -0.25) is 4.79 Å². The maximum atomic E-state index is 11.8. The van der Waals surface area contributed by atoms with Gasteiger partial charge >= 0.3 is 5.97 Å². The van der Waals surface area contributed by atoms with Gasteiger partial charge in [-0.25, -0.2) is 4.79 Å². The Balaban J connectivity index is 1.86. The zero-order valence-electron chi connectivity index (χ0n) is 11.4. The fourth-order valence-corrected chi connectivity index (χ4v) is 2.08. The SMILES string of the molecule is Cc1cccc(C(=O)OCC(=O)Nc2ccc(I)cc2)c1. The van der Waals surface area contributed by atoms with Crippen molar-refractivity contribution < 1.29 is 14.3 Å². The molecule has 0 spiro atoms. The summed E-state index contributed by atoms with van der Waals surface area (Å²) in [5, 5.41) is 2.67. The van der Waals surface area contributed by atoms with Gasteiger partial charge in [-0.1, -0.05) is 17.7 Å². The van der Waals surface area contributed by atoms with E-state index in [1.807, 2.05) is 25.1 Å². The summed E-state index contributed by atoms with van der Waals surface area (Å²) in [6, 6.07) is 14.4. The summed E-state index contributed by atoms with van der Waals surface area (Å²) in [6.45, 7) is 1.58. The molecule has 5 heteroatoms. The van der Waals surface area contributed by atoms with E-state index >= 15 is 0 Å².